The first-order valence-corrected chi connectivity index (χ1v) is 7.31. The molecule has 0 aliphatic heterocycles. The summed E-state index contributed by atoms with van der Waals surface area (Å²) >= 11 is 1.61. The van der Waals surface area contributed by atoms with Gasteiger partial charge in [-0.25, -0.2) is 9.97 Å². The molecule has 0 radical (unpaired) electrons. The molecule has 2 aromatic rings. The molecule has 0 aromatic carbocycles. The van der Waals surface area contributed by atoms with Crippen LogP contribution in [0.25, 0.3) is 0 Å². The lowest BCUT2D eigenvalue weighted by molar-refractivity contribution is 0.549. The summed E-state index contributed by atoms with van der Waals surface area (Å²) < 4.78 is 0. The summed E-state index contributed by atoms with van der Waals surface area (Å²) in [6.45, 7) is 6.28. The maximum Gasteiger partial charge on any atom is 0.107 e. The monoisotopic (exact) mass is 273 g/mol. The van der Waals surface area contributed by atoms with Crippen molar-refractivity contribution in [2.75, 3.05) is 6.54 Å². The van der Waals surface area contributed by atoms with Crippen LogP contribution in [0.4, 0.5) is 0 Å². The molecular formula is C15H19N3S. The lowest BCUT2D eigenvalue weighted by Crippen LogP contribution is -2.19. The van der Waals surface area contributed by atoms with E-state index < -0.39 is 0 Å². The van der Waals surface area contributed by atoms with Crippen LogP contribution in [0, 0.1) is 5.92 Å². The van der Waals surface area contributed by atoms with Gasteiger partial charge in [0, 0.05) is 18.9 Å². The molecular weight excluding hydrogens is 254 g/mol. The molecule has 0 saturated carbocycles. The molecule has 2 aromatic heterocycles. The van der Waals surface area contributed by atoms with Gasteiger partial charge in [0.05, 0.1) is 0 Å². The topological polar surface area (TPSA) is 37.8 Å². The van der Waals surface area contributed by atoms with Crippen LogP contribution in [0.5, 0.6) is 0 Å². The lowest BCUT2D eigenvalue weighted by atomic mass is 10.2. The summed E-state index contributed by atoms with van der Waals surface area (Å²) in [5, 5.41) is 5.46. The minimum Gasteiger partial charge on any atom is -0.312 e. The van der Waals surface area contributed by atoms with Crippen molar-refractivity contribution in [1.29, 1.82) is 0 Å². The Morgan fingerprint density at radius 1 is 1.11 bits per heavy atom. The zero-order valence-electron chi connectivity index (χ0n) is 11.3. The first kappa shape index (κ1) is 14.0. The molecule has 4 heteroatoms. The van der Waals surface area contributed by atoms with Crippen LogP contribution in [0.3, 0.4) is 0 Å². The number of nitrogens with one attached hydrogen (secondary N) is 1. The Balaban J connectivity index is 2.04. The van der Waals surface area contributed by atoms with Gasteiger partial charge in [-0.05, 0) is 48.0 Å². The van der Waals surface area contributed by atoms with Gasteiger partial charge in [0.1, 0.15) is 10.1 Å². The fourth-order valence-electron chi connectivity index (χ4n) is 1.65. The second-order valence-electron chi connectivity index (χ2n) is 4.76. The maximum absolute atomic E-state index is 4.45. The van der Waals surface area contributed by atoms with Gasteiger partial charge in [0.25, 0.3) is 0 Å². The van der Waals surface area contributed by atoms with E-state index in [-0.39, 0.29) is 0 Å². The predicted molar refractivity (Wildman–Crippen MR) is 79.1 cm³/mol. The van der Waals surface area contributed by atoms with E-state index in [2.05, 4.69) is 35.2 Å². The fourth-order valence-corrected chi connectivity index (χ4v) is 2.50. The van der Waals surface area contributed by atoms with Crippen LogP contribution in [0.2, 0.25) is 0 Å². The van der Waals surface area contributed by atoms with Crippen molar-refractivity contribution in [3.05, 3.63) is 48.3 Å². The van der Waals surface area contributed by atoms with Gasteiger partial charge < -0.3 is 5.32 Å². The Morgan fingerprint density at radius 2 is 1.95 bits per heavy atom. The molecule has 2 heterocycles. The van der Waals surface area contributed by atoms with Crippen molar-refractivity contribution in [3.63, 3.8) is 0 Å². The second-order valence-corrected chi connectivity index (χ2v) is 5.77. The van der Waals surface area contributed by atoms with E-state index in [0.29, 0.717) is 5.92 Å². The summed E-state index contributed by atoms with van der Waals surface area (Å²) in [5.41, 5.74) is 1.22. The third-order valence-corrected chi connectivity index (χ3v) is 3.57. The number of hydrogen-bond donors (Lipinski definition) is 1. The van der Waals surface area contributed by atoms with E-state index >= 15 is 0 Å². The third kappa shape index (κ3) is 4.65. The van der Waals surface area contributed by atoms with Crippen LogP contribution in [-0.4, -0.2) is 16.5 Å². The Hall–Kier alpha value is -1.39. The van der Waals surface area contributed by atoms with Crippen molar-refractivity contribution < 1.29 is 0 Å². The molecule has 0 saturated heterocycles. The molecule has 0 unspecified atom stereocenters. The summed E-state index contributed by atoms with van der Waals surface area (Å²) in [5.74, 6) is 0.656. The molecule has 0 amide bonds. The van der Waals surface area contributed by atoms with Gasteiger partial charge in [-0.2, -0.15) is 0 Å². The largest absolute Gasteiger partial charge is 0.312 e. The molecule has 0 spiro atoms. The van der Waals surface area contributed by atoms with E-state index in [1.807, 2.05) is 36.7 Å². The number of nitrogens with zero attached hydrogens (tertiary/aromatic N) is 2. The number of aromatic nitrogens is 2. The van der Waals surface area contributed by atoms with Crippen LogP contribution in [0.15, 0.2) is 52.8 Å². The fraction of sp³-hybridized carbons (Fsp3) is 0.333. The molecule has 0 bridgehead atoms. The summed E-state index contributed by atoms with van der Waals surface area (Å²) in [4.78, 5) is 8.78. The van der Waals surface area contributed by atoms with Gasteiger partial charge in [0.15, 0.2) is 0 Å². The van der Waals surface area contributed by atoms with Crippen LogP contribution < -0.4 is 5.32 Å². The van der Waals surface area contributed by atoms with Crippen molar-refractivity contribution in [3.8, 4) is 0 Å². The molecule has 0 fully saturated rings. The van der Waals surface area contributed by atoms with E-state index in [4.69, 9.17) is 0 Å². The van der Waals surface area contributed by atoms with Crippen LogP contribution in [0.1, 0.15) is 19.4 Å². The van der Waals surface area contributed by atoms with Gasteiger partial charge in [-0.1, -0.05) is 26.0 Å². The number of pyridine rings is 2. The predicted octanol–water partition coefficient (Wildman–Crippen LogP) is 3.37. The highest BCUT2D eigenvalue weighted by Crippen LogP contribution is 2.26. The van der Waals surface area contributed by atoms with E-state index in [9.17, 15) is 0 Å². The van der Waals surface area contributed by atoms with Crippen LogP contribution in [-0.2, 0) is 6.54 Å². The highest BCUT2D eigenvalue weighted by Gasteiger charge is 2.06. The number of rotatable bonds is 6. The molecule has 0 aliphatic rings. The third-order valence-electron chi connectivity index (χ3n) is 2.56. The SMILES string of the molecule is CC(C)CNCc1cccnc1Sc1ccccn1. The quantitative estimate of drug-likeness (QED) is 0.875. The van der Waals surface area contributed by atoms with Crippen molar-refractivity contribution in [2.24, 2.45) is 5.92 Å². The Kier molecular flexibility index (Phi) is 5.36. The average Bonchev–Trinajstić information content (AvgIpc) is 2.41. The smallest absolute Gasteiger partial charge is 0.107 e. The van der Waals surface area contributed by atoms with Gasteiger partial charge in [-0.15, -0.1) is 0 Å². The van der Waals surface area contributed by atoms with Crippen LogP contribution >= 0.6 is 11.8 Å². The minimum absolute atomic E-state index is 0.656. The normalized spacial score (nSPS) is 10.9. The van der Waals surface area contributed by atoms with Gasteiger partial charge >= 0.3 is 0 Å². The Morgan fingerprint density at radius 3 is 2.68 bits per heavy atom. The molecule has 2 rings (SSSR count). The number of hydrogen-bond acceptors (Lipinski definition) is 4. The molecule has 19 heavy (non-hydrogen) atoms. The molecule has 100 valence electrons. The summed E-state index contributed by atoms with van der Waals surface area (Å²) in [6, 6.07) is 10.0. The first-order valence-electron chi connectivity index (χ1n) is 6.49. The van der Waals surface area contributed by atoms with E-state index in [1.54, 1.807) is 11.8 Å². The van der Waals surface area contributed by atoms with E-state index in [0.717, 1.165) is 23.1 Å². The Labute approximate surface area is 118 Å². The lowest BCUT2D eigenvalue weighted by Gasteiger charge is -2.10. The summed E-state index contributed by atoms with van der Waals surface area (Å²) in [7, 11) is 0. The van der Waals surface area contributed by atoms with Gasteiger partial charge in [0.2, 0.25) is 0 Å². The molecule has 0 atom stereocenters. The zero-order chi connectivity index (χ0) is 13.5. The standard InChI is InChI=1S/C15H19N3S/c1-12(2)10-16-11-13-6-5-9-18-15(13)19-14-7-3-4-8-17-14/h3-9,12,16H,10-11H2,1-2H3. The maximum atomic E-state index is 4.45. The van der Waals surface area contributed by atoms with E-state index in [1.165, 1.54) is 5.56 Å². The molecule has 3 nitrogen and oxygen atoms in total. The Bertz CT molecular complexity index is 500. The average molecular weight is 273 g/mol. The second kappa shape index (κ2) is 7.26. The molecule has 1 N–H and O–H groups in total. The van der Waals surface area contributed by atoms with Crippen molar-refractivity contribution >= 4 is 11.8 Å². The summed E-state index contributed by atoms with van der Waals surface area (Å²) in [6.07, 6.45) is 3.64. The van der Waals surface area contributed by atoms with Crippen molar-refractivity contribution in [2.45, 2.75) is 30.4 Å². The van der Waals surface area contributed by atoms with Gasteiger partial charge in [-0.3, -0.25) is 0 Å². The minimum atomic E-state index is 0.656. The highest BCUT2D eigenvalue weighted by molar-refractivity contribution is 7.99. The zero-order valence-corrected chi connectivity index (χ0v) is 12.2. The first-order chi connectivity index (χ1) is 9.25. The highest BCUT2D eigenvalue weighted by atomic mass is 32.2. The van der Waals surface area contributed by atoms with Crippen molar-refractivity contribution in [1.82, 2.24) is 15.3 Å². The molecule has 0 aliphatic carbocycles.